The lowest BCUT2D eigenvalue weighted by molar-refractivity contribution is 0.0698. The molecule has 86 valence electrons. The molecule has 0 unspecified atom stereocenters. The van der Waals surface area contributed by atoms with Crippen molar-refractivity contribution in [3.05, 3.63) is 40.8 Å². The largest absolute Gasteiger partial charge is 0.276 e. The normalized spacial score (nSPS) is 10.9. The molecular formula is C12H16N2O2. The van der Waals surface area contributed by atoms with Gasteiger partial charge in [0.05, 0.1) is 11.8 Å². The van der Waals surface area contributed by atoms with E-state index in [0.29, 0.717) is 12.1 Å². The minimum Gasteiger partial charge on any atom is -0.267 e. The van der Waals surface area contributed by atoms with Crippen molar-refractivity contribution in [1.82, 2.24) is 5.01 Å². The number of nitrogens with zero attached hydrogens (tertiary/aromatic N) is 2. The fourth-order valence-electron chi connectivity index (χ4n) is 1.32. The standard InChI is InChI=1S/C12H16N2O2/c1-12(2,3)9-14(13-16)11(15)10-7-5-4-6-8-10/h4-8H,9H2,1-3H3. The van der Waals surface area contributed by atoms with Crippen LogP contribution in [0.5, 0.6) is 0 Å². The average molecular weight is 220 g/mol. The van der Waals surface area contributed by atoms with Crippen molar-refractivity contribution in [1.29, 1.82) is 0 Å². The average Bonchev–Trinajstić information content (AvgIpc) is 2.25. The number of amides is 1. The van der Waals surface area contributed by atoms with E-state index in [1.165, 1.54) is 0 Å². The Kier molecular flexibility index (Phi) is 3.77. The summed E-state index contributed by atoms with van der Waals surface area (Å²) in [5.41, 5.74) is 0.324. The quantitative estimate of drug-likeness (QED) is 0.581. The van der Waals surface area contributed by atoms with E-state index in [-0.39, 0.29) is 11.3 Å². The zero-order valence-electron chi connectivity index (χ0n) is 9.80. The van der Waals surface area contributed by atoms with E-state index in [0.717, 1.165) is 5.01 Å². The maximum Gasteiger partial charge on any atom is 0.276 e. The Morgan fingerprint density at radius 2 is 1.81 bits per heavy atom. The molecule has 0 N–H and O–H groups in total. The van der Waals surface area contributed by atoms with Crippen LogP contribution in [0.2, 0.25) is 0 Å². The van der Waals surface area contributed by atoms with Crippen LogP contribution >= 0.6 is 0 Å². The third-order valence-corrected chi connectivity index (χ3v) is 1.98. The topological polar surface area (TPSA) is 49.7 Å². The molecule has 0 saturated heterocycles. The molecule has 0 fully saturated rings. The summed E-state index contributed by atoms with van der Waals surface area (Å²) in [7, 11) is 0. The highest BCUT2D eigenvalue weighted by Gasteiger charge is 2.22. The van der Waals surface area contributed by atoms with Crippen molar-refractivity contribution in [2.45, 2.75) is 20.8 Å². The molecule has 0 aliphatic heterocycles. The molecule has 0 aromatic heterocycles. The van der Waals surface area contributed by atoms with Gasteiger partial charge in [-0.3, -0.25) is 4.79 Å². The number of hydrogen-bond acceptors (Lipinski definition) is 3. The van der Waals surface area contributed by atoms with Gasteiger partial charge in [0.25, 0.3) is 5.91 Å². The second kappa shape index (κ2) is 4.88. The molecule has 16 heavy (non-hydrogen) atoms. The van der Waals surface area contributed by atoms with Crippen LogP contribution in [0, 0.1) is 10.3 Å². The summed E-state index contributed by atoms with van der Waals surface area (Å²) in [5, 5.41) is 3.75. The van der Waals surface area contributed by atoms with Crippen LogP contribution in [0.1, 0.15) is 31.1 Å². The summed E-state index contributed by atoms with van der Waals surface area (Å²) in [6.07, 6.45) is 0. The summed E-state index contributed by atoms with van der Waals surface area (Å²) in [6, 6.07) is 8.67. The fraction of sp³-hybridized carbons (Fsp3) is 0.417. The van der Waals surface area contributed by atoms with Crippen molar-refractivity contribution in [3.63, 3.8) is 0 Å². The maximum absolute atomic E-state index is 11.9. The molecule has 0 spiro atoms. The Balaban J connectivity index is 2.83. The second-order valence-electron chi connectivity index (χ2n) is 4.87. The molecule has 1 aromatic carbocycles. The number of rotatable bonds is 3. The summed E-state index contributed by atoms with van der Waals surface area (Å²) in [6.45, 7) is 6.15. The van der Waals surface area contributed by atoms with Gasteiger partial charge in [0.15, 0.2) is 0 Å². The van der Waals surface area contributed by atoms with Crippen LogP contribution in [-0.2, 0) is 0 Å². The summed E-state index contributed by atoms with van der Waals surface area (Å²) in [5.74, 6) is -0.356. The Labute approximate surface area is 95.2 Å². The first-order valence-electron chi connectivity index (χ1n) is 5.14. The molecule has 1 rings (SSSR count). The summed E-state index contributed by atoms with van der Waals surface area (Å²) < 4.78 is 0. The van der Waals surface area contributed by atoms with Gasteiger partial charge in [-0.1, -0.05) is 39.0 Å². The van der Waals surface area contributed by atoms with Crippen LogP contribution in [0.25, 0.3) is 0 Å². The van der Waals surface area contributed by atoms with Crippen LogP contribution in [0.4, 0.5) is 0 Å². The minimum absolute atomic E-state index is 0.154. The van der Waals surface area contributed by atoms with Crippen LogP contribution in [-0.4, -0.2) is 17.5 Å². The van der Waals surface area contributed by atoms with Crippen molar-refractivity contribution >= 4 is 5.91 Å². The number of carbonyl (C=O) groups is 1. The second-order valence-corrected chi connectivity index (χ2v) is 4.87. The molecule has 0 heterocycles. The minimum atomic E-state index is -0.356. The van der Waals surface area contributed by atoms with E-state index < -0.39 is 0 Å². The molecule has 4 nitrogen and oxygen atoms in total. The molecule has 0 radical (unpaired) electrons. The number of nitroso groups, excluding NO2 is 1. The van der Waals surface area contributed by atoms with Crippen molar-refractivity contribution < 1.29 is 4.79 Å². The summed E-state index contributed by atoms with van der Waals surface area (Å²) in [4.78, 5) is 22.5. The Morgan fingerprint density at radius 3 is 2.25 bits per heavy atom. The van der Waals surface area contributed by atoms with Gasteiger partial charge in [0.1, 0.15) is 0 Å². The molecule has 0 atom stereocenters. The lowest BCUT2D eigenvalue weighted by atomic mass is 9.96. The summed E-state index contributed by atoms with van der Waals surface area (Å²) >= 11 is 0. The van der Waals surface area contributed by atoms with E-state index >= 15 is 0 Å². The van der Waals surface area contributed by atoms with E-state index in [1.54, 1.807) is 24.3 Å². The zero-order valence-corrected chi connectivity index (χ0v) is 9.80. The molecule has 4 heteroatoms. The zero-order chi connectivity index (χ0) is 12.2. The molecule has 0 aliphatic rings. The Bertz CT molecular complexity index is 368. The van der Waals surface area contributed by atoms with Gasteiger partial charge in [0.2, 0.25) is 0 Å². The highest BCUT2D eigenvalue weighted by molar-refractivity contribution is 5.93. The third-order valence-electron chi connectivity index (χ3n) is 1.98. The molecule has 1 amide bonds. The van der Waals surface area contributed by atoms with E-state index in [9.17, 15) is 9.70 Å². The Morgan fingerprint density at radius 1 is 1.25 bits per heavy atom. The lowest BCUT2D eigenvalue weighted by Crippen LogP contribution is -2.33. The van der Waals surface area contributed by atoms with Gasteiger partial charge in [-0.05, 0) is 17.5 Å². The van der Waals surface area contributed by atoms with Gasteiger partial charge < -0.3 is 0 Å². The van der Waals surface area contributed by atoms with Crippen LogP contribution in [0.3, 0.4) is 0 Å². The van der Waals surface area contributed by atoms with E-state index in [1.807, 2.05) is 26.8 Å². The van der Waals surface area contributed by atoms with Crippen LogP contribution in [0.15, 0.2) is 35.6 Å². The van der Waals surface area contributed by atoms with Gasteiger partial charge in [0, 0.05) is 5.56 Å². The van der Waals surface area contributed by atoms with E-state index in [2.05, 4.69) is 5.29 Å². The SMILES string of the molecule is CC(C)(C)CN(N=O)C(=O)c1ccccc1. The number of hydrogen-bond donors (Lipinski definition) is 0. The maximum atomic E-state index is 11.9. The molecule has 0 aliphatic carbocycles. The Hall–Kier alpha value is -1.71. The van der Waals surface area contributed by atoms with Gasteiger partial charge >= 0.3 is 0 Å². The van der Waals surface area contributed by atoms with Gasteiger partial charge in [-0.25, -0.2) is 0 Å². The molecular weight excluding hydrogens is 204 g/mol. The molecule has 0 bridgehead atoms. The first-order valence-corrected chi connectivity index (χ1v) is 5.14. The molecule has 0 saturated carbocycles. The van der Waals surface area contributed by atoms with E-state index in [4.69, 9.17) is 0 Å². The monoisotopic (exact) mass is 220 g/mol. The third kappa shape index (κ3) is 3.46. The number of carbonyl (C=O) groups excluding carboxylic acids is 1. The fourth-order valence-corrected chi connectivity index (χ4v) is 1.32. The highest BCUT2D eigenvalue weighted by atomic mass is 16.3. The molecule has 1 aromatic rings. The highest BCUT2D eigenvalue weighted by Crippen LogP contribution is 2.17. The van der Waals surface area contributed by atoms with Crippen molar-refractivity contribution in [2.24, 2.45) is 10.7 Å². The van der Waals surface area contributed by atoms with Crippen LogP contribution < -0.4 is 0 Å². The number of benzene rings is 1. The van der Waals surface area contributed by atoms with Crippen molar-refractivity contribution in [2.75, 3.05) is 6.54 Å². The smallest absolute Gasteiger partial charge is 0.267 e. The first kappa shape index (κ1) is 12.4. The van der Waals surface area contributed by atoms with Gasteiger partial charge in [-0.2, -0.15) is 5.01 Å². The van der Waals surface area contributed by atoms with Crippen molar-refractivity contribution in [3.8, 4) is 0 Å². The lowest BCUT2D eigenvalue weighted by Gasteiger charge is -2.23. The predicted octanol–water partition coefficient (Wildman–Crippen LogP) is 2.86. The van der Waals surface area contributed by atoms with Gasteiger partial charge in [-0.15, -0.1) is 4.91 Å². The first-order chi connectivity index (χ1) is 7.44. The predicted molar refractivity (Wildman–Crippen MR) is 62.7 cm³/mol.